The molecule has 0 saturated heterocycles. The van der Waals surface area contributed by atoms with Crippen molar-refractivity contribution < 1.29 is 14.1 Å². The van der Waals surface area contributed by atoms with E-state index in [0.29, 0.717) is 0 Å². The van der Waals surface area contributed by atoms with E-state index in [1.165, 1.54) is 6.92 Å². The molecule has 0 aliphatic heterocycles. The molecule has 0 amide bonds. The lowest BCUT2D eigenvalue weighted by Gasteiger charge is -2.05. The highest BCUT2D eigenvalue weighted by atomic mass is 35.5. The van der Waals surface area contributed by atoms with E-state index >= 15 is 0 Å². The molecule has 4 nitrogen and oxygen atoms in total. The average Bonchev–Trinajstić information content (AvgIpc) is 2.15. The van der Waals surface area contributed by atoms with Crippen LogP contribution in [0.25, 0.3) is 0 Å². The average molecular weight is 232 g/mol. The summed E-state index contributed by atoms with van der Waals surface area (Å²) in [5.41, 5.74) is -0.326. The SMILES string of the molecule is CC(=O)C(Cl)c1cc(F)cc([N+](=O)[O-])c1. The van der Waals surface area contributed by atoms with Gasteiger partial charge in [0, 0.05) is 6.07 Å². The van der Waals surface area contributed by atoms with Crippen LogP contribution in [-0.4, -0.2) is 10.7 Å². The number of nitrogens with zero attached hydrogens (tertiary/aromatic N) is 1. The number of nitro benzene ring substituents is 1. The van der Waals surface area contributed by atoms with Crippen LogP contribution in [0.2, 0.25) is 0 Å². The van der Waals surface area contributed by atoms with Gasteiger partial charge in [-0.1, -0.05) is 0 Å². The zero-order valence-corrected chi connectivity index (χ0v) is 8.49. The molecule has 0 spiro atoms. The van der Waals surface area contributed by atoms with E-state index in [-0.39, 0.29) is 5.56 Å². The number of Topliss-reactive ketones (excluding diaryl/α,β-unsaturated/α-hetero) is 1. The third-order valence-corrected chi connectivity index (χ3v) is 2.32. The lowest BCUT2D eigenvalue weighted by Crippen LogP contribution is -2.03. The van der Waals surface area contributed by atoms with Gasteiger partial charge in [0.15, 0.2) is 5.78 Å². The predicted molar refractivity (Wildman–Crippen MR) is 52.3 cm³/mol. The highest BCUT2D eigenvalue weighted by Crippen LogP contribution is 2.26. The fourth-order valence-corrected chi connectivity index (χ4v) is 1.21. The van der Waals surface area contributed by atoms with Crippen LogP contribution in [-0.2, 0) is 4.79 Å². The van der Waals surface area contributed by atoms with Gasteiger partial charge in [0.25, 0.3) is 5.69 Å². The summed E-state index contributed by atoms with van der Waals surface area (Å²) in [5.74, 6) is -1.18. The number of hydrogen-bond donors (Lipinski definition) is 0. The minimum absolute atomic E-state index is 0.0934. The molecule has 1 aromatic rings. The second-order valence-electron chi connectivity index (χ2n) is 2.97. The first-order valence-corrected chi connectivity index (χ1v) is 4.45. The molecule has 0 radical (unpaired) electrons. The third kappa shape index (κ3) is 2.73. The summed E-state index contributed by atoms with van der Waals surface area (Å²) >= 11 is 5.65. The molecule has 1 rings (SSSR count). The van der Waals surface area contributed by atoms with E-state index in [0.717, 1.165) is 18.2 Å². The number of benzene rings is 1. The first-order valence-electron chi connectivity index (χ1n) is 4.01. The number of rotatable bonds is 3. The lowest BCUT2D eigenvalue weighted by atomic mass is 10.1. The summed E-state index contributed by atoms with van der Waals surface area (Å²) in [4.78, 5) is 20.6. The Hall–Kier alpha value is -1.49. The van der Waals surface area contributed by atoms with Crippen LogP contribution in [0.1, 0.15) is 17.9 Å². The third-order valence-electron chi connectivity index (χ3n) is 1.77. The van der Waals surface area contributed by atoms with Crippen molar-refractivity contribution in [2.45, 2.75) is 12.3 Å². The van der Waals surface area contributed by atoms with E-state index in [4.69, 9.17) is 11.6 Å². The maximum Gasteiger partial charge on any atom is 0.272 e. The molecule has 0 aliphatic carbocycles. The molecule has 0 fully saturated rings. The Morgan fingerprint density at radius 2 is 2.13 bits per heavy atom. The Morgan fingerprint density at radius 1 is 1.53 bits per heavy atom. The second kappa shape index (κ2) is 4.35. The molecular weight excluding hydrogens is 225 g/mol. The first kappa shape index (κ1) is 11.6. The van der Waals surface area contributed by atoms with E-state index in [1.807, 2.05) is 0 Å². The number of carbonyl (C=O) groups excluding carboxylic acids is 1. The maximum absolute atomic E-state index is 12.9. The highest BCUT2D eigenvalue weighted by molar-refractivity contribution is 6.30. The van der Waals surface area contributed by atoms with Gasteiger partial charge in [-0.15, -0.1) is 11.6 Å². The van der Waals surface area contributed by atoms with Gasteiger partial charge < -0.3 is 0 Å². The van der Waals surface area contributed by atoms with Crippen molar-refractivity contribution in [2.24, 2.45) is 0 Å². The molecule has 80 valence electrons. The summed E-state index contributed by atoms with van der Waals surface area (Å²) in [6.07, 6.45) is 0. The normalized spacial score (nSPS) is 12.2. The van der Waals surface area contributed by atoms with Crippen molar-refractivity contribution in [3.05, 3.63) is 39.7 Å². The van der Waals surface area contributed by atoms with E-state index in [2.05, 4.69) is 0 Å². The lowest BCUT2D eigenvalue weighted by molar-refractivity contribution is -0.385. The van der Waals surface area contributed by atoms with Crippen molar-refractivity contribution >= 4 is 23.1 Å². The van der Waals surface area contributed by atoms with Crippen LogP contribution in [0.3, 0.4) is 0 Å². The summed E-state index contributed by atoms with van der Waals surface area (Å²) in [6, 6.07) is 2.86. The van der Waals surface area contributed by atoms with Gasteiger partial charge in [0.1, 0.15) is 11.2 Å². The Bertz CT molecular complexity index is 422. The largest absolute Gasteiger partial charge is 0.298 e. The van der Waals surface area contributed by atoms with Gasteiger partial charge in [-0.3, -0.25) is 14.9 Å². The quantitative estimate of drug-likeness (QED) is 0.456. The van der Waals surface area contributed by atoms with Crippen LogP contribution in [0, 0.1) is 15.9 Å². The number of nitro groups is 1. The monoisotopic (exact) mass is 231 g/mol. The molecule has 0 saturated carbocycles. The zero-order valence-electron chi connectivity index (χ0n) is 7.74. The smallest absolute Gasteiger partial charge is 0.272 e. The van der Waals surface area contributed by atoms with Gasteiger partial charge in [-0.25, -0.2) is 4.39 Å². The summed E-state index contributed by atoms with van der Waals surface area (Å²) in [7, 11) is 0. The molecule has 0 heterocycles. The molecule has 6 heteroatoms. The minimum Gasteiger partial charge on any atom is -0.298 e. The molecular formula is C9H7ClFNO3. The fourth-order valence-electron chi connectivity index (χ4n) is 1.08. The standard InChI is InChI=1S/C9H7ClFNO3/c1-5(13)9(10)6-2-7(11)4-8(3-6)12(14)15/h2-4,9H,1H3. The molecule has 0 aliphatic rings. The summed E-state index contributed by atoms with van der Waals surface area (Å²) < 4.78 is 12.9. The molecule has 0 N–H and O–H groups in total. The minimum atomic E-state index is -1.06. The van der Waals surface area contributed by atoms with E-state index in [1.54, 1.807) is 0 Å². The first-order chi connectivity index (χ1) is 6.91. The Labute approximate surface area is 89.8 Å². The number of ketones is 1. The number of hydrogen-bond acceptors (Lipinski definition) is 3. The van der Waals surface area contributed by atoms with E-state index < -0.39 is 27.6 Å². The summed E-state index contributed by atoms with van der Waals surface area (Å²) in [6.45, 7) is 1.23. The highest BCUT2D eigenvalue weighted by Gasteiger charge is 2.18. The number of halogens is 2. The van der Waals surface area contributed by atoms with Crippen molar-refractivity contribution in [1.82, 2.24) is 0 Å². The topological polar surface area (TPSA) is 60.2 Å². The molecule has 1 atom stereocenters. The number of carbonyl (C=O) groups is 1. The Morgan fingerprint density at radius 3 is 2.60 bits per heavy atom. The van der Waals surface area contributed by atoms with Crippen LogP contribution < -0.4 is 0 Å². The zero-order chi connectivity index (χ0) is 11.6. The summed E-state index contributed by atoms with van der Waals surface area (Å²) in [5, 5.41) is 9.35. The van der Waals surface area contributed by atoms with Crippen LogP contribution >= 0.6 is 11.6 Å². The molecule has 1 aromatic carbocycles. The van der Waals surface area contributed by atoms with Gasteiger partial charge in [-0.2, -0.15) is 0 Å². The van der Waals surface area contributed by atoms with Crippen molar-refractivity contribution in [1.29, 1.82) is 0 Å². The molecule has 15 heavy (non-hydrogen) atoms. The fraction of sp³-hybridized carbons (Fsp3) is 0.222. The van der Waals surface area contributed by atoms with E-state index in [9.17, 15) is 19.3 Å². The van der Waals surface area contributed by atoms with Crippen molar-refractivity contribution in [3.8, 4) is 0 Å². The van der Waals surface area contributed by atoms with Gasteiger partial charge in [-0.05, 0) is 18.6 Å². The molecule has 0 bridgehead atoms. The second-order valence-corrected chi connectivity index (χ2v) is 3.41. The predicted octanol–water partition coefficient (Wildman–Crippen LogP) is 2.60. The number of non-ortho nitro benzene ring substituents is 1. The van der Waals surface area contributed by atoms with Gasteiger partial charge in [0.05, 0.1) is 11.0 Å². The maximum atomic E-state index is 12.9. The Balaban J connectivity index is 3.20. The van der Waals surface area contributed by atoms with Crippen LogP contribution in [0.5, 0.6) is 0 Å². The number of alkyl halides is 1. The molecule has 0 aromatic heterocycles. The van der Waals surface area contributed by atoms with Crippen molar-refractivity contribution in [3.63, 3.8) is 0 Å². The van der Waals surface area contributed by atoms with Gasteiger partial charge in [0.2, 0.25) is 0 Å². The molecule has 1 unspecified atom stereocenters. The van der Waals surface area contributed by atoms with Crippen LogP contribution in [0.4, 0.5) is 10.1 Å². The van der Waals surface area contributed by atoms with Crippen LogP contribution in [0.15, 0.2) is 18.2 Å². The van der Waals surface area contributed by atoms with Gasteiger partial charge >= 0.3 is 0 Å². The Kier molecular flexibility index (Phi) is 3.36. The van der Waals surface area contributed by atoms with Crippen molar-refractivity contribution in [2.75, 3.05) is 0 Å².